The fourth-order valence-corrected chi connectivity index (χ4v) is 3.93. The van der Waals surface area contributed by atoms with Crippen molar-refractivity contribution in [3.63, 3.8) is 0 Å². The minimum absolute atomic E-state index is 0.109. The number of nitro groups is 1. The van der Waals surface area contributed by atoms with Gasteiger partial charge >= 0.3 is 0 Å². The number of halogens is 2. The number of hydrogen-bond acceptors (Lipinski definition) is 6. The minimum Gasteiger partial charge on any atom is -0.508 e. The van der Waals surface area contributed by atoms with Crippen LogP contribution in [-0.4, -0.2) is 26.8 Å². The summed E-state index contributed by atoms with van der Waals surface area (Å²) >= 11 is 12.1. The first-order chi connectivity index (χ1) is 15.7. The number of phenols is 1. The number of aliphatic hydroxyl groups is 1. The lowest BCUT2D eigenvalue weighted by atomic mass is 9.95. The third kappa shape index (κ3) is 4.02. The zero-order chi connectivity index (χ0) is 23.9. The van der Waals surface area contributed by atoms with Crippen molar-refractivity contribution >= 4 is 52.0 Å². The van der Waals surface area contributed by atoms with E-state index < -0.39 is 28.4 Å². The van der Waals surface area contributed by atoms with Crippen LogP contribution in [-0.2, 0) is 9.59 Å². The molecular weight excluding hydrogens is 471 g/mol. The van der Waals surface area contributed by atoms with E-state index in [9.17, 15) is 29.9 Å². The average molecular weight is 485 g/mol. The van der Waals surface area contributed by atoms with Gasteiger partial charge in [-0.1, -0.05) is 35.3 Å². The second-order valence-electron chi connectivity index (χ2n) is 7.17. The van der Waals surface area contributed by atoms with Gasteiger partial charge in [-0.15, -0.1) is 0 Å². The molecule has 33 heavy (non-hydrogen) atoms. The Balaban J connectivity index is 1.93. The molecule has 3 aromatic rings. The van der Waals surface area contributed by atoms with E-state index in [1.54, 1.807) is 6.07 Å². The highest BCUT2D eigenvalue weighted by Crippen LogP contribution is 2.43. The van der Waals surface area contributed by atoms with Crippen LogP contribution in [0, 0.1) is 10.1 Å². The molecule has 0 radical (unpaired) electrons. The molecule has 3 aromatic carbocycles. The summed E-state index contributed by atoms with van der Waals surface area (Å²) in [6, 6.07) is 14.1. The number of non-ortho nitro benzene ring substituents is 1. The maximum absolute atomic E-state index is 13.1. The lowest BCUT2D eigenvalue weighted by Gasteiger charge is -2.25. The number of aliphatic hydroxyl groups excluding tert-OH is 1. The molecule has 1 atom stereocenters. The van der Waals surface area contributed by atoms with E-state index in [0.29, 0.717) is 5.56 Å². The predicted molar refractivity (Wildman–Crippen MR) is 122 cm³/mol. The quantitative estimate of drug-likeness (QED) is 0.172. The summed E-state index contributed by atoms with van der Waals surface area (Å²) in [5.41, 5.74) is 0.266. The molecule has 1 heterocycles. The molecule has 8 nitrogen and oxygen atoms in total. The van der Waals surface area contributed by atoms with E-state index in [4.69, 9.17) is 23.2 Å². The predicted octanol–water partition coefficient (Wildman–Crippen LogP) is 5.23. The maximum atomic E-state index is 13.1. The van der Waals surface area contributed by atoms with Gasteiger partial charge in [0.05, 0.1) is 26.6 Å². The topological polar surface area (TPSA) is 121 Å². The molecule has 2 N–H and O–H groups in total. The van der Waals surface area contributed by atoms with E-state index >= 15 is 0 Å². The van der Waals surface area contributed by atoms with Crippen molar-refractivity contribution in [1.82, 2.24) is 0 Å². The molecule has 0 spiro atoms. The third-order valence-electron chi connectivity index (χ3n) is 5.16. The van der Waals surface area contributed by atoms with Crippen LogP contribution in [0.2, 0.25) is 10.0 Å². The van der Waals surface area contributed by atoms with Crippen LogP contribution in [0.15, 0.2) is 72.3 Å². The number of carbonyl (C=O) groups is 2. The minimum atomic E-state index is -1.11. The number of hydrogen-bond donors (Lipinski definition) is 2. The van der Waals surface area contributed by atoms with E-state index in [1.165, 1.54) is 60.7 Å². The summed E-state index contributed by atoms with van der Waals surface area (Å²) in [6.07, 6.45) is 0. The van der Waals surface area contributed by atoms with Gasteiger partial charge in [0.2, 0.25) is 0 Å². The smallest absolute Gasteiger partial charge is 0.300 e. The molecule has 0 bridgehead atoms. The number of carbonyl (C=O) groups excluding carboxylic acids is 2. The van der Waals surface area contributed by atoms with E-state index in [0.717, 1.165) is 4.90 Å². The SMILES string of the molecule is O=C1C(=O)N(c2ccc(Cl)c(Cl)c2)C(c2cccc(O)c2)/C1=C(\O)c1ccc([N+](=O)[O-])cc1. The van der Waals surface area contributed by atoms with Gasteiger partial charge in [-0.05, 0) is 48.0 Å². The number of Topliss-reactive ketones (excluding diaryl/α,β-unsaturated/α-hetero) is 1. The van der Waals surface area contributed by atoms with Crippen LogP contribution in [0.1, 0.15) is 17.2 Å². The van der Waals surface area contributed by atoms with Crippen molar-refractivity contribution < 1.29 is 24.7 Å². The average Bonchev–Trinajstić information content (AvgIpc) is 3.06. The van der Waals surface area contributed by atoms with Gasteiger partial charge in [-0.3, -0.25) is 24.6 Å². The lowest BCUT2D eigenvalue weighted by molar-refractivity contribution is -0.384. The number of aromatic hydroxyl groups is 1. The van der Waals surface area contributed by atoms with Crippen LogP contribution in [0.3, 0.4) is 0 Å². The molecule has 1 aliphatic heterocycles. The molecule has 1 fully saturated rings. The second-order valence-corrected chi connectivity index (χ2v) is 7.98. The Morgan fingerprint density at radius 1 is 0.970 bits per heavy atom. The third-order valence-corrected chi connectivity index (χ3v) is 5.90. The van der Waals surface area contributed by atoms with Crippen molar-refractivity contribution in [3.05, 3.63) is 104 Å². The van der Waals surface area contributed by atoms with E-state index in [-0.39, 0.29) is 38.3 Å². The molecule has 166 valence electrons. The van der Waals surface area contributed by atoms with Crippen molar-refractivity contribution in [1.29, 1.82) is 0 Å². The Hall–Kier alpha value is -3.88. The number of amides is 1. The summed E-state index contributed by atoms with van der Waals surface area (Å²) in [5.74, 6) is -2.52. The summed E-state index contributed by atoms with van der Waals surface area (Å²) in [7, 11) is 0. The summed E-state index contributed by atoms with van der Waals surface area (Å²) in [5, 5.41) is 32.3. The number of nitrogens with zero attached hydrogens (tertiary/aromatic N) is 2. The molecule has 10 heteroatoms. The van der Waals surface area contributed by atoms with Crippen molar-refractivity contribution in [2.75, 3.05) is 4.90 Å². The Bertz CT molecular complexity index is 1340. The first-order valence-corrected chi connectivity index (χ1v) is 10.2. The molecule has 0 aromatic heterocycles. The molecular formula is C23H14Cl2N2O6. The van der Waals surface area contributed by atoms with Crippen LogP contribution < -0.4 is 4.90 Å². The summed E-state index contributed by atoms with van der Waals surface area (Å²) in [4.78, 5) is 37.6. The van der Waals surface area contributed by atoms with Crippen molar-refractivity contribution in [2.24, 2.45) is 0 Å². The van der Waals surface area contributed by atoms with E-state index in [1.807, 2.05) is 0 Å². The molecule has 1 unspecified atom stereocenters. The number of benzene rings is 3. The number of nitro benzene ring substituents is 1. The van der Waals surface area contributed by atoms with Crippen molar-refractivity contribution in [2.45, 2.75) is 6.04 Å². The molecule has 1 amide bonds. The molecule has 1 aliphatic rings. The molecule has 4 rings (SSSR count). The van der Waals surface area contributed by atoms with Crippen LogP contribution >= 0.6 is 23.2 Å². The van der Waals surface area contributed by atoms with Gasteiger partial charge in [0, 0.05) is 23.4 Å². The standard InChI is InChI=1S/C23H14Cl2N2O6/c24-17-9-8-15(11-18(17)25)26-20(13-2-1-3-16(28)10-13)19(22(30)23(26)31)21(29)12-4-6-14(7-5-12)27(32)33/h1-11,20,28-29H/b21-19+. The number of phenolic OH excluding ortho intramolecular Hbond substituents is 1. The Morgan fingerprint density at radius 2 is 1.67 bits per heavy atom. The van der Waals surface area contributed by atoms with Gasteiger partial charge in [0.25, 0.3) is 17.4 Å². The van der Waals surface area contributed by atoms with Crippen LogP contribution in [0.4, 0.5) is 11.4 Å². The first-order valence-electron chi connectivity index (χ1n) is 9.49. The largest absolute Gasteiger partial charge is 0.508 e. The van der Waals surface area contributed by atoms with Crippen molar-refractivity contribution in [3.8, 4) is 5.75 Å². The van der Waals surface area contributed by atoms with Gasteiger partial charge in [-0.25, -0.2) is 0 Å². The van der Waals surface area contributed by atoms with Gasteiger partial charge in [-0.2, -0.15) is 0 Å². The Kier molecular flexibility index (Phi) is 5.80. The monoisotopic (exact) mass is 484 g/mol. The maximum Gasteiger partial charge on any atom is 0.300 e. The Labute approximate surface area is 197 Å². The number of ketones is 1. The normalized spacial score (nSPS) is 17.4. The second kappa shape index (κ2) is 8.57. The number of rotatable bonds is 4. The highest BCUT2D eigenvalue weighted by atomic mass is 35.5. The number of anilines is 1. The highest BCUT2D eigenvalue weighted by molar-refractivity contribution is 6.52. The molecule has 1 saturated heterocycles. The Morgan fingerprint density at radius 3 is 2.27 bits per heavy atom. The fraction of sp³-hybridized carbons (Fsp3) is 0.0435. The molecule has 0 saturated carbocycles. The fourth-order valence-electron chi connectivity index (χ4n) is 3.64. The lowest BCUT2D eigenvalue weighted by Crippen LogP contribution is -2.29. The summed E-state index contributed by atoms with van der Waals surface area (Å²) in [6.45, 7) is 0. The van der Waals surface area contributed by atoms with Crippen LogP contribution in [0.5, 0.6) is 5.75 Å². The summed E-state index contributed by atoms with van der Waals surface area (Å²) < 4.78 is 0. The van der Waals surface area contributed by atoms with Crippen LogP contribution in [0.25, 0.3) is 5.76 Å². The van der Waals surface area contributed by atoms with Gasteiger partial charge in [0.15, 0.2) is 0 Å². The zero-order valence-electron chi connectivity index (χ0n) is 16.6. The first kappa shape index (κ1) is 22.3. The highest BCUT2D eigenvalue weighted by Gasteiger charge is 2.47. The molecule has 0 aliphatic carbocycles. The van der Waals surface area contributed by atoms with E-state index in [2.05, 4.69) is 0 Å². The zero-order valence-corrected chi connectivity index (χ0v) is 18.1. The van der Waals surface area contributed by atoms with Gasteiger partial charge in [0.1, 0.15) is 11.5 Å². The van der Waals surface area contributed by atoms with Gasteiger partial charge < -0.3 is 10.2 Å².